The van der Waals surface area contributed by atoms with Crippen molar-refractivity contribution in [2.45, 2.75) is 19.8 Å². The SMILES string of the molecule is CCC(CNC)Cc1nc(-c2ccccc2Br)cs1. The molecule has 0 fully saturated rings. The Morgan fingerprint density at radius 2 is 2.16 bits per heavy atom. The number of aromatic nitrogens is 1. The fraction of sp³-hybridized carbons (Fsp3) is 0.400. The van der Waals surface area contributed by atoms with Crippen LogP contribution in [-0.4, -0.2) is 18.6 Å². The first-order valence-electron chi connectivity index (χ1n) is 6.58. The summed E-state index contributed by atoms with van der Waals surface area (Å²) in [6, 6.07) is 8.24. The Balaban J connectivity index is 2.13. The van der Waals surface area contributed by atoms with Gasteiger partial charge in [-0.25, -0.2) is 4.98 Å². The number of hydrogen-bond acceptors (Lipinski definition) is 3. The Hall–Kier alpha value is -0.710. The highest BCUT2D eigenvalue weighted by Crippen LogP contribution is 2.29. The molecule has 19 heavy (non-hydrogen) atoms. The van der Waals surface area contributed by atoms with Crippen molar-refractivity contribution < 1.29 is 0 Å². The van der Waals surface area contributed by atoms with Crippen LogP contribution in [0.5, 0.6) is 0 Å². The molecule has 0 aliphatic heterocycles. The van der Waals surface area contributed by atoms with E-state index in [1.54, 1.807) is 11.3 Å². The van der Waals surface area contributed by atoms with Crippen LogP contribution in [-0.2, 0) is 6.42 Å². The summed E-state index contributed by atoms with van der Waals surface area (Å²) in [7, 11) is 2.01. The maximum absolute atomic E-state index is 4.77. The van der Waals surface area contributed by atoms with Crippen molar-refractivity contribution in [2.75, 3.05) is 13.6 Å². The van der Waals surface area contributed by atoms with E-state index in [1.165, 1.54) is 17.0 Å². The van der Waals surface area contributed by atoms with E-state index in [9.17, 15) is 0 Å². The fourth-order valence-electron chi connectivity index (χ4n) is 2.09. The molecule has 2 aromatic rings. The Labute approximate surface area is 127 Å². The zero-order valence-corrected chi connectivity index (χ0v) is 13.7. The largest absolute Gasteiger partial charge is 0.319 e. The monoisotopic (exact) mass is 338 g/mol. The molecular formula is C15H19BrN2S. The smallest absolute Gasteiger partial charge is 0.0935 e. The molecule has 0 spiro atoms. The average Bonchev–Trinajstić information content (AvgIpc) is 2.87. The lowest BCUT2D eigenvalue weighted by molar-refractivity contribution is 0.480. The first kappa shape index (κ1) is 14.7. The lowest BCUT2D eigenvalue weighted by Gasteiger charge is -2.11. The van der Waals surface area contributed by atoms with E-state index in [0.717, 1.165) is 23.1 Å². The number of halogens is 1. The average molecular weight is 339 g/mol. The molecule has 1 N–H and O–H groups in total. The normalized spacial score (nSPS) is 12.6. The summed E-state index contributed by atoms with van der Waals surface area (Å²) < 4.78 is 1.11. The van der Waals surface area contributed by atoms with Gasteiger partial charge in [0.05, 0.1) is 10.7 Å². The summed E-state index contributed by atoms with van der Waals surface area (Å²) in [5, 5.41) is 6.64. The Kier molecular flexibility index (Phi) is 5.55. The van der Waals surface area contributed by atoms with Crippen molar-refractivity contribution in [3.63, 3.8) is 0 Å². The Morgan fingerprint density at radius 3 is 2.84 bits per heavy atom. The zero-order valence-electron chi connectivity index (χ0n) is 11.3. The number of thiazole rings is 1. The molecule has 1 unspecified atom stereocenters. The topological polar surface area (TPSA) is 24.9 Å². The standard InChI is InChI=1S/C15H19BrN2S/c1-3-11(9-17-2)8-15-18-14(10-19-15)12-6-4-5-7-13(12)16/h4-7,10-11,17H,3,8-9H2,1-2H3. The molecule has 0 saturated heterocycles. The van der Waals surface area contributed by atoms with Crippen LogP contribution in [0.4, 0.5) is 0 Å². The van der Waals surface area contributed by atoms with Gasteiger partial charge in [0.15, 0.2) is 0 Å². The number of benzene rings is 1. The Morgan fingerprint density at radius 1 is 1.37 bits per heavy atom. The molecule has 1 aromatic carbocycles. The second-order valence-corrected chi connectivity index (χ2v) is 6.44. The molecule has 1 atom stereocenters. The summed E-state index contributed by atoms with van der Waals surface area (Å²) in [6.45, 7) is 3.30. The van der Waals surface area contributed by atoms with Crippen LogP contribution in [0, 0.1) is 5.92 Å². The van der Waals surface area contributed by atoms with Gasteiger partial charge >= 0.3 is 0 Å². The second-order valence-electron chi connectivity index (χ2n) is 4.64. The number of rotatable bonds is 6. The summed E-state index contributed by atoms with van der Waals surface area (Å²) in [5.74, 6) is 0.670. The van der Waals surface area contributed by atoms with Crippen LogP contribution in [0.2, 0.25) is 0 Å². The molecule has 0 aliphatic rings. The van der Waals surface area contributed by atoms with Crippen molar-refractivity contribution >= 4 is 27.3 Å². The molecule has 4 heteroatoms. The van der Waals surface area contributed by atoms with Gasteiger partial charge in [0.1, 0.15) is 0 Å². The lowest BCUT2D eigenvalue weighted by atomic mass is 10.0. The Bertz CT molecular complexity index is 524. The first-order chi connectivity index (χ1) is 9.24. The molecule has 102 valence electrons. The minimum Gasteiger partial charge on any atom is -0.319 e. The quantitative estimate of drug-likeness (QED) is 0.846. The van der Waals surface area contributed by atoms with Gasteiger partial charge in [-0.3, -0.25) is 0 Å². The molecule has 0 radical (unpaired) electrons. The van der Waals surface area contributed by atoms with Crippen LogP contribution < -0.4 is 5.32 Å². The van der Waals surface area contributed by atoms with Gasteiger partial charge in [-0.1, -0.05) is 47.5 Å². The van der Waals surface area contributed by atoms with Gasteiger partial charge in [0.2, 0.25) is 0 Å². The summed E-state index contributed by atoms with van der Waals surface area (Å²) in [6.07, 6.45) is 2.25. The summed E-state index contributed by atoms with van der Waals surface area (Å²) in [4.78, 5) is 4.77. The van der Waals surface area contributed by atoms with E-state index < -0.39 is 0 Å². The predicted octanol–water partition coefficient (Wildman–Crippen LogP) is 4.36. The van der Waals surface area contributed by atoms with Crippen LogP contribution in [0.3, 0.4) is 0 Å². The highest BCUT2D eigenvalue weighted by molar-refractivity contribution is 9.10. The second kappa shape index (κ2) is 7.17. The van der Waals surface area contributed by atoms with E-state index in [1.807, 2.05) is 13.1 Å². The molecule has 0 bridgehead atoms. The predicted molar refractivity (Wildman–Crippen MR) is 86.7 cm³/mol. The highest BCUT2D eigenvalue weighted by atomic mass is 79.9. The molecule has 2 rings (SSSR count). The van der Waals surface area contributed by atoms with E-state index in [0.29, 0.717) is 5.92 Å². The van der Waals surface area contributed by atoms with Crippen molar-refractivity contribution in [3.05, 3.63) is 39.1 Å². The van der Waals surface area contributed by atoms with Gasteiger partial charge in [0, 0.05) is 21.8 Å². The van der Waals surface area contributed by atoms with Gasteiger partial charge in [0.25, 0.3) is 0 Å². The maximum Gasteiger partial charge on any atom is 0.0935 e. The van der Waals surface area contributed by atoms with Crippen molar-refractivity contribution in [3.8, 4) is 11.3 Å². The van der Waals surface area contributed by atoms with E-state index in [4.69, 9.17) is 4.98 Å². The van der Waals surface area contributed by atoms with E-state index >= 15 is 0 Å². The van der Waals surface area contributed by atoms with E-state index in [2.05, 4.69) is 51.7 Å². The van der Waals surface area contributed by atoms with Crippen molar-refractivity contribution in [2.24, 2.45) is 5.92 Å². The summed E-state index contributed by atoms with van der Waals surface area (Å²) >= 11 is 5.35. The number of hydrogen-bond donors (Lipinski definition) is 1. The maximum atomic E-state index is 4.77. The highest BCUT2D eigenvalue weighted by Gasteiger charge is 2.11. The third-order valence-electron chi connectivity index (χ3n) is 3.24. The molecule has 0 saturated carbocycles. The zero-order chi connectivity index (χ0) is 13.7. The van der Waals surface area contributed by atoms with Gasteiger partial charge in [-0.15, -0.1) is 11.3 Å². The van der Waals surface area contributed by atoms with Crippen LogP contribution >= 0.6 is 27.3 Å². The van der Waals surface area contributed by atoms with Crippen LogP contribution in [0.15, 0.2) is 34.1 Å². The first-order valence-corrected chi connectivity index (χ1v) is 8.25. The minimum absolute atomic E-state index is 0.670. The molecule has 1 aromatic heterocycles. The van der Waals surface area contributed by atoms with Crippen LogP contribution in [0.25, 0.3) is 11.3 Å². The van der Waals surface area contributed by atoms with Crippen molar-refractivity contribution in [1.29, 1.82) is 0 Å². The third kappa shape index (κ3) is 3.88. The molecule has 2 nitrogen and oxygen atoms in total. The van der Waals surface area contributed by atoms with Gasteiger partial charge < -0.3 is 5.32 Å². The van der Waals surface area contributed by atoms with Crippen molar-refractivity contribution in [1.82, 2.24) is 10.3 Å². The van der Waals surface area contributed by atoms with Crippen LogP contribution in [0.1, 0.15) is 18.4 Å². The molecule has 0 amide bonds. The number of nitrogens with zero attached hydrogens (tertiary/aromatic N) is 1. The fourth-order valence-corrected chi connectivity index (χ4v) is 3.49. The van der Waals surface area contributed by atoms with Gasteiger partial charge in [-0.2, -0.15) is 0 Å². The van der Waals surface area contributed by atoms with Gasteiger partial charge in [-0.05, 0) is 25.6 Å². The summed E-state index contributed by atoms with van der Waals surface area (Å²) in [5.41, 5.74) is 2.25. The minimum atomic E-state index is 0.670. The molecule has 0 aliphatic carbocycles. The molecular weight excluding hydrogens is 320 g/mol. The lowest BCUT2D eigenvalue weighted by Crippen LogP contribution is -2.19. The van der Waals surface area contributed by atoms with E-state index in [-0.39, 0.29) is 0 Å². The number of nitrogens with one attached hydrogen (secondary N) is 1. The molecule has 1 heterocycles. The third-order valence-corrected chi connectivity index (χ3v) is 4.80.